The van der Waals surface area contributed by atoms with E-state index in [1.165, 1.54) is 5.56 Å². The zero-order valence-electron chi connectivity index (χ0n) is 12.4. The minimum absolute atomic E-state index is 0.266. The Hall–Kier alpha value is -0.770. The fourth-order valence-electron chi connectivity index (χ4n) is 2.74. The van der Waals surface area contributed by atoms with Crippen molar-refractivity contribution in [2.75, 3.05) is 31.1 Å². The first-order valence-electron chi connectivity index (χ1n) is 7.45. The van der Waals surface area contributed by atoms with Gasteiger partial charge in [-0.15, -0.1) is 0 Å². The molecule has 1 aliphatic rings. The summed E-state index contributed by atoms with van der Waals surface area (Å²) in [5, 5.41) is 13.6. The summed E-state index contributed by atoms with van der Waals surface area (Å²) in [6, 6.07) is 6.10. The van der Waals surface area contributed by atoms with Crippen LogP contribution in [0.5, 0.6) is 0 Å². The molecule has 0 aromatic heterocycles. The zero-order valence-corrected chi connectivity index (χ0v) is 13.2. The fraction of sp³-hybridized carbons (Fsp3) is 0.625. The lowest BCUT2D eigenvalue weighted by Crippen LogP contribution is -2.25. The highest BCUT2D eigenvalue weighted by atomic mass is 35.5. The molecule has 4 heteroatoms. The number of aliphatic hydroxyl groups excluding tert-OH is 1. The number of aliphatic hydroxyl groups is 1. The standard InChI is InChI=1S/C16H25ClN2O/c1-12(2)8-18-9-14-4-3-5-15(17)16(14)19-7-6-13(10-19)11-20/h3-5,12-13,18,20H,6-11H2,1-2H3. The molecule has 0 saturated carbocycles. The molecule has 2 N–H and O–H groups in total. The molecular formula is C16H25ClN2O. The van der Waals surface area contributed by atoms with E-state index < -0.39 is 0 Å². The maximum atomic E-state index is 9.30. The van der Waals surface area contributed by atoms with Gasteiger partial charge in [0.1, 0.15) is 0 Å². The third-order valence-corrected chi connectivity index (χ3v) is 4.10. The van der Waals surface area contributed by atoms with Crippen molar-refractivity contribution in [3.05, 3.63) is 28.8 Å². The SMILES string of the molecule is CC(C)CNCc1cccc(Cl)c1N1CCC(CO)C1. The molecule has 2 rings (SSSR count). The van der Waals surface area contributed by atoms with Crippen LogP contribution in [-0.2, 0) is 6.54 Å². The Morgan fingerprint density at radius 1 is 1.45 bits per heavy atom. The van der Waals surface area contributed by atoms with Crippen molar-refractivity contribution < 1.29 is 5.11 Å². The van der Waals surface area contributed by atoms with Crippen LogP contribution in [0.3, 0.4) is 0 Å². The van der Waals surface area contributed by atoms with E-state index in [9.17, 15) is 5.11 Å². The number of halogens is 1. The average Bonchev–Trinajstić information content (AvgIpc) is 2.87. The van der Waals surface area contributed by atoms with Crippen LogP contribution >= 0.6 is 11.6 Å². The van der Waals surface area contributed by atoms with Crippen LogP contribution in [0.15, 0.2) is 18.2 Å². The molecule has 20 heavy (non-hydrogen) atoms. The summed E-state index contributed by atoms with van der Waals surface area (Å²) in [7, 11) is 0. The van der Waals surface area contributed by atoms with Crippen molar-refractivity contribution >= 4 is 17.3 Å². The van der Waals surface area contributed by atoms with E-state index in [1.807, 2.05) is 12.1 Å². The molecule has 3 nitrogen and oxygen atoms in total. The van der Waals surface area contributed by atoms with Crippen LogP contribution < -0.4 is 10.2 Å². The molecule has 1 atom stereocenters. The maximum absolute atomic E-state index is 9.30. The molecule has 112 valence electrons. The zero-order chi connectivity index (χ0) is 14.5. The topological polar surface area (TPSA) is 35.5 Å². The minimum Gasteiger partial charge on any atom is -0.396 e. The number of anilines is 1. The lowest BCUT2D eigenvalue weighted by atomic mass is 10.1. The van der Waals surface area contributed by atoms with Crippen LogP contribution in [0.4, 0.5) is 5.69 Å². The summed E-state index contributed by atoms with van der Waals surface area (Å²) in [4.78, 5) is 2.32. The van der Waals surface area contributed by atoms with E-state index in [4.69, 9.17) is 11.6 Å². The van der Waals surface area contributed by atoms with Crippen LogP contribution in [0.25, 0.3) is 0 Å². The molecule has 1 aromatic rings. The molecule has 1 saturated heterocycles. The molecule has 1 aliphatic heterocycles. The van der Waals surface area contributed by atoms with Gasteiger partial charge in [-0.1, -0.05) is 37.6 Å². The van der Waals surface area contributed by atoms with Crippen LogP contribution in [0, 0.1) is 11.8 Å². The molecule has 0 spiro atoms. The van der Waals surface area contributed by atoms with Crippen LogP contribution in [0.2, 0.25) is 5.02 Å². The second-order valence-electron chi connectivity index (χ2n) is 6.06. The number of nitrogens with zero attached hydrogens (tertiary/aromatic N) is 1. The minimum atomic E-state index is 0.266. The van der Waals surface area contributed by atoms with E-state index in [0.29, 0.717) is 11.8 Å². The Bertz CT molecular complexity index is 436. The summed E-state index contributed by atoms with van der Waals surface area (Å²) in [5.74, 6) is 1.02. The van der Waals surface area contributed by atoms with Gasteiger partial charge in [0.2, 0.25) is 0 Å². The van der Waals surface area contributed by atoms with Gasteiger partial charge < -0.3 is 15.3 Å². The quantitative estimate of drug-likeness (QED) is 0.847. The highest BCUT2D eigenvalue weighted by molar-refractivity contribution is 6.33. The van der Waals surface area contributed by atoms with Crippen molar-refractivity contribution in [3.8, 4) is 0 Å². The van der Waals surface area contributed by atoms with Gasteiger partial charge in [0.15, 0.2) is 0 Å². The van der Waals surface area contributed by atoms with Gasteiger partial charge in [0.05, 0.1) is 10.7 Å². The van der Waals surface area contributed by atoms with E-state index in [0.717, 1.165) is 43.3 Å². The molecular weight excluding hydrogens is 272 g/mol. The van der Waals surface area contributed by atoms with Crippen molar-refractivity contribution in [2.24, 2.45) is 11.8 Å². The fourth-order valence-corrected chi connectivity index (χ4v) is 3.05. The number of hydrogen-bond donors (Lipinski definition) is 2. The van der Waals surface area contributed by atoms with Gasteiger partial charge in [-0.2, -0.15) is 0 Å². The number of rotatable bonds is 6. The molecule has 0 bridgehead atoms. The smallest absolute Gasteiger partial charge is 0.0642 e. The lowest BCUT2D eigenvalue weighted by molar-refractivity contribution is 0.238. The monoisotopic (exact) mass is 296 g/mol. The van der Waals surface area contributed by atoms with Crippen molar-refractivity contribution in [1.29, 1.82) is 0 Å². The van der Waals surface area contributed by atoms with E-state index in [-0.39, 0.29) is 6.61 Å². The first-order valence-corrected chi connectivity index (χ1v) is 7.83. The molecule has 1 heterocycles. The number of para-hydroxylation sites is 1. The van der Waals surface area contributed by atoms with E-state index in [2.05, 4.69) is 30.1 Å². The Morgan fingerprint density at radius 3 is 2.90 bits per heavy atom. The third kappa shape index (κ3) is 3.87. The highest BCUT2D eigenvalue weighted by Gasteiger charge is 2.25. The second-order valence-corrected chi connectivity index (χ2v) is 6.46. The normalized spacial score (nSPS) is 19.1. The largest absolute Gasteiger partial charge is 0.396 e. The Morgan fingerprint density at radius 2 is 2.25 bits per heavy atom. The average molecular weight is 297 g/mol. The van der Waals surface area contributed by atoms with E-state index >= 15 is 0 Å². The van der Waals surface area contributed by atoms with Crippen molar-refractivity contribution in [2.45, 2.75) is 26.8 Å². The summed E-state index contributed by atoms with van der Waals surface area (Å²) in [5.41, 5.74) is 2.39. The summed E-state index contributed by atoms with van der Waals surface area (Å²) >= 11 is 6.41. The van der Waals surface area contributed by atoms with Gasteiger partial charge in [0.25, 0.3) is 0 Å². The summed E-state index contributed by atoms with van der Waals surface area (Å²) < 4.78 is 0. The van der Waals surface area contributed by atoms with Crippen LogP contribution in [-0.4, -0.2) is 31.3 Å². The summed E-state index contributed by atoms with van der Waals surface area (Å²) in [6.07, 6.45) is 1.04. The molecule has 0 amide bonds. The molecule has 1 fully saturated rings. The molecule has 1 aromatic carbocycles. The Kier molecular flexibility index (Phi) is 5.70. The second kappa shape index (κ2) is 7.30. The lowest BCUT2D eigenvalue weighted by Gasteiger charge is -2.24. The van der Waals surface area contributed by atoms with Gasteiger partial charge in [-0.3, -0.25) is 0 Å². The Labute approximate surface area is 126 Å². The molecule has 0 aliphatic carbocycles. The number of hydrogen-bond acceptors (Lipinski definition) is 3. The Balaban J connectivity index is 2.10. The molecule has 0 radical (unpaired) electrons. The highest BCUT2D eigenvalue weighted by Crippen LogP contribution is 2.33. The van der Waals surface area contributed by atoms with Crippen LogP contribution in [0.1, 0.15) is 25.8 Å². The number of nitrogens with one attached hydrogen (secondary N) is 1. The molecule has 1 unspecified atom stereocenters. The van der Waals surface area contributed by atoms with Crippen molar-refractivity contribution in [1.82, 2.24) is 5.32 Å². The van der Waals surface area contributed by atoms with Gasteiger partial charge in [-0.05, 0) is 30.5 Å². The summed E-state index contributed by atoms with van der Waals surface area (Å²) in [6.45, 7) is 8.40. The van der Waals surface area contributed by atoms with Gasteiger partial charge in [0, 0.05) is 32.2 Å². The van der Waals surface area contributed by atoms with Crippen molar-refractivity contribution in [3.63, 3.8) is 0 Å². The van der Waals surface area contributed by atoms with Gasteiger partial charge in [-0.25, -0.2) is 0 Å². The first-order chi connectivity index (χ1) is 9.61. The first kappa shape index (κ1) is 15.6. The third-order valence-electron chi connectivity index (χ3n) is 3.80. The number of benzene rings is 1. The predicted octanol–water partition coefficient (Wildman–Crippen LogP) is 2.90. The maximum Gasteiger partial charge on any atom is 0.0642 e. The van der Waals surface area contributed by atoms with Gasteiger partial charge >= 0.3 is 0 Å². The van der Waals surface area contributed by atoms with E-state index in [1.54, 1.807) is 0 Å². The predicted molar refractivity (Wildman–Crippen MR) is 85.4 cm³/mol.